The van der Waals surface area contributed by atoms with Gasteiger partial charge < -0.3 is 18.9 Å². The molecule has 0 aliphatic carbocycles. The molecule has 0 aliphatic rings. The van der Waals surface area contributed by atoms with E-state index >= 15 is 0 Å². The number of carbonyl (C=O) groups is 2. The summed E-state index contributed by atoms with van der Waals surface area (Å²) < 4.78 is 34.2. The lowest BCUT2D eigenvalue weighted by Gasteiger charge is -2.24. The fourth-order valence-corrected chi connectivity index (χ4v) is 6.32. The van der Waals surface area contributed by atoms with E-state index in [4.69, 9.17) is 18.5 Å². The van der Waals surface area contributed by atoms with Crippen LogP contribution in [0.5, 0.6) is 0 Å². The highest BCUT2D eigenvalue weighted by Crippen LogP contribution is 2.43. The van der Waals surface area contributed by atoms with E-state index < -0.39 is 26.5 Å². The van der Waals surface area contributed by atoms with Gasteiger partial charge in [-0.15, -0.1) is 0 Å². The summed E-state index contributed by atoms with van der Waals surface area (Å²) in [7, 11) is 1.47. The monoisotopic (exact) mass is 759 g/mol. The zero-order valence-corrected chi connectivity index (χ0v) is 35.2. The summed E-state index contributed by atoms with van der Waals surface area (Å²) in [6.07, 6.45) is 36.5. The summed E-state index contributed by atoms with van der Waals surface area (Å²) in [4.78, 5) is 35.2. The first-order chi connectivity index (χ1) is 25.0. The molecule has 0 fully saturated rings. The molecule has 0 aromatic rings. The van der Waals surface area contributed by atoms with Crippen LogP contribution in [0.1, 0.15) is 181 Å². The number of quaternary nitrogens is 1. The van der Waals surface area contributed by atoms with Crippen LogP contribution < -0.4 is 0 Å². The number of phosphoric ester groups is 1. The van der Waals surface area contributed by atoms with Crippen LogP contribution in [0.15, 0.2) is 24.3 Å². The highest BCUT2D eigenvalue weighted by Gasteiger charge is 2.27. The number of esters is 2. The first-order valence-electron chi connectivity index (χ1n) is 21.1. The average Bonchev–Trinajstić information content (AvgIpc) is 3.09. The number of allylic oxidation sites excluding steroid dienone is 4. The Bertz CT molecular complexity index is 949. The van der Waals surface area contributed by atoms with Gasteiger partial charge in [0.25, 0.3) is 0 Å². The Kier molecular flexibility index (Phi) is 34.2. The van der Waals surface area contributed by atoms with Crippen LogP contribution in [0.3, 0.4) is 0 Å². The maximum Gasteiger partial charge on any atom is 0.472 e. The zero-order chi connectivity index (χ0) is 38.6. The van der Waals surface area contributed by atoms with Crippen LogP contribution in [0.4, 0.5) is 0 Å². The summed E-state index contributed by atoms with van der Waals surface area (Å²) in [6, 6.07) is 0. The van der Waals surface area contributed by atoms with Crippen LogP contribution in [-0.2, 0) is 32.7 Å². The van der Waals surface area contributed by atoms with Crippen molar-refractivity contribution >= 4 is 19.8 Å². The second-order valence-corrected chi connectivity index (χ2v) is 16.8. The average molecular weight is 759 g/mol. The number of carbonyl (C=O) groups excluding carboxylic acids is 2. The molecule has 0 heterocycles. The van der Waals surface area contributed by atoms with Gasteiger partial charge in [0.2, 0.25) is 0 Å². The molecule has 1 unspecified atom stereocenters. The van der Waals surface area contributed by atoms with Gasteiger partial charge in [0, 0.05) is 12.8 Å². The predicted molar refractivity (Wildman–Crippen MR) is 215 cm³/mol. The molecule has 0 saturated heterocycles. The standard InChI is InChI=1S/C42H80NO8P/c1-6-8-10-12-14-16-18-19-20-21-22-23-25-26-28-30-32-34-41(44)48-38-40(39-50-52(46,47)49-37-36-43(3,4)5)51-42(45)35-33-31-29-27-24-17-15-13-11-9-7-2/h13,15,19-20,40H,6-12,14,16-18,21-39H2,1-5H3/p+1/b15-13-,20-19-/t40-/m1/s1. The maximum atomic E-state index is 12.6. The van der Waals surface area contributed by atoms with Crippen molar-refractivity contribution < 1.29 is 42.1 Å². The lowest BCUT2D eigenvalue weighted by Crippen LogP contribution is -2.37. The lowest BCUT2D eigenvalue weighted by atomic mass is 10.1. The van der Waals surface area contributed by atoms with Crippen LogP contribution in [-0.4, -0.2) is 74.9 Å². The largest absolute Gasteiger partial charge is 0.472 e. The Hall–Kier alpha value is -1.51. The summed E-state index contributed by atoms with van der Waals surface area (Å²) in [5.74, 6) is -0.813. The molecule has 0 aromatic heterocycles. The van der Waals surface area contributed by atoms with Gasteiger partial charge >= 0.3 is 19.8 Å². The van der Waals surface area contributed by atoms with E-state index in [0.29, 0.717) is 17.4 Å². The molecule has 10 heteroatoms. The molecule has 306 valence electrons. The third-order valence-corrected chi connectivity index (χ3v) is 9.94. The number of hydrogen-bond donors (Lipinski definition) is 1. The number of likely N-dealkylation sites (N-methyl/N-ethyl adjacent to an activating group) is 1. The molecule has 2 atom stereocenters. The van der Waals surface area contributed by atoms with Gasteiger partial charge in [-0.1, -0.05) is 134 Å². The summed E-state index contributed by atoms with van der Waals surface area (Å²) in [5, 5.41) is 0. The third-order valence-electron chi connectivity index (χ3n) is 8.95. The first-order valence-corrected chi connectivity index (χ1v) is 22.6. The van der Waals surface area contributed by atoms with Crippen molar-refractivity contribution in [3.63, 3.8) is 0 Å². The Balaban J connectivity index is 4.35. The molecular formula is C42H81NO8P+. The molecule has 0 aromatic carbocycles. The van der Waals surface area contributed by atoms with Gasteiger partial charge in [0.05, 0.1) is 27.7 Å². The van der Waals surface area contributed by atoms with Crippen LogP contribution >= 0.6 is 7.82 Å². The van der Waals surface area contributed by atoms with Gasteiger partial charge in [-0.3, -0.25) is 18.6 Å². The van der Waals surface area contributed by atoms with Crippen molar-refractivity contribution in [1.29, 1.82) is 0 Å². The number of rotatable bonds is 38. The van der Waals surface area contributed by atoms with Crippen molar-refractivity contribution in [2.75, 3.05) is 47.5 Å². The molecule has 9 nitrogen and oxygen atoms in total. The first kappa shape index (κ1) is 50.5. The van der Waals surface area contributed by atoms with Gasteiger partial charge in [0.15, 0.2) is 6.10 Å². The van der Waals surface area contributed by atoms with Crippen molar-refractivity contribution in [2.45, 2.75) is 187 Å². The van der Waals surface area contributed by atoms with Gasteiger partial charge in [-0.25, -0.2) is 4.57 Å². The van der Waals surface area contributed by atoms with Crippen LogP contribution in [0, 0.1) is 0 Å². The minimum absolute atomic E-state index is 0.0303. The minimum Gasteiger partial charge on any atom is -0.462 e. The van der Waals surface area contributed by atoms with Crippen molar-refractivity contribution in [1.82, 2.24) is 0 Å². The Labute approximate surface area is 319 Å². The number of phosphoric acid groups is 1. The van der Waals surface area contributed by atoms with Gasteiger partial charge in [-0.05, 0) is 57.8 Å². The normalized spacial score (nSPS) is 13.9. The topological polar surface area (TPSA) is 108 Å². The van der Waals surface area contributed by atoms with Crippen LogP contribution in [0.2, 0.25) is 0 Å². The van der Waals surface area contributed by atoms with E-state index in [-0.39, 0.29) is 32.0 Å². The SMILES string of the molecule is CCCC/C=C\CCCCCCCC(=O)O[C@H](COC(=O)CCCCCCCCC/C=C\CCCCCCCC)COP(=O)(O)OCC[N+](C)(C)C. The Morgan fingerprint density at radius 2 is 1.00 bits per heavy atom. The molecule has 0 bridgehead atoms. The number of nitrogens with zero attached hydrogens (tertiary/aromatic N) is 1. The quantitative estimate of drug-likeness (QED) is 0.0218. The fraction of sp³-hybridized carbons (Fsp3) is 0.857. The second-order valence-electron chi connectivity index (χ2n) is 15.4. The van der Waals surface area contributed by atoms with E-state index in [9.17, 15) is 19.0 Å². The number of ether oxygens (including phenoxy) is 2. The summed E-state index contributed by atoms with van der Waals surface area (Å²) in [5.41, 5.74) is 0. The van der Waals surface area contributed by atoms with E-state index in [2.05, 4.69) is 38.2 Å². The Morgan fingerprint density at radius 1 is 0.577 bits per heavy atom. The molecule has 0 rings (SSSR count). The molecule has 0 spiro atoms. The molecular weight excluding hydrogens is 677 g/mol. The van der Waals surface area contributed by atoms with E-state index in [1.54, 1.807) is 0 Å². The molecule has 1 N–H and O–H groups in total. The smallest absolute Gasteiger partial charge is 0.462 e. The zero-order valence-electron chi connectivity index (χ0n) is 34.3. The van der Waals surface area contributed by atoms with E-state index in [0.717, 1.165) is 57.8 Å². The van der Waals surface area contributed by atoms with Crippen molar-refractivity contribution in [3.05, 3.63) is 24.3 Å². The third kappa shape index (κ3) is 38.2. The maximum absolute atomic E-state index is 12.6. The predicted octanol–water partition coefficient (Wildman–Crippen LogP) is 11.6. The van der Waals surface area contributed by atoms with Crippen molar-refractivity contribution in [2.24, 2.45) is 0 Å². The second kappa shape index (κ2) is 35.2. The Morgan fingerprint density at radius 3 is 1.48 bits per heavy atom. The van der Waals surface area contributed by atoms with E-state index in [1.165, 1.54) is 89.9 Å². The van der Waals surface area contributed by atoms with Gasteiger partial charge in [-0.2, -0.15) is 0 Å². The lowest BCUT2D eigenvalue weighted by molar-refractivity contribution is -0.870. The summed E-state index contributed by atoms with van der Waals surface area (Å²) in [6.45, 7) is 4.36. The fourth-order valence-electron chi connectivity index (χ4n) is 5.58. The number of unbranched alkanes of at least 4 members (excludes halogenated alkanes) is 20. The molecule has 0 saturated carbocycles. The summed E-state index contributed by atoms with van der Waals surface area (Å²) >= 11 is 0. The molecule has 0 aliphatic heterocycles. The van der Waals surface area contributed by atoms with Crippen LogP contribution in [0.25, 0.3) is 0 Å². The molecule has 0 amide bonds. The highest BCUT2D eigenvalue weighted by atomic mass is 31.2. The number of hydrogen-bond acceptors (Lipinski definition) is 7. The van der Waals surface area contributed by atoms with Gasteiger partial charge in [0.1, 0.15) is 19.8 Å². The molecule has 52 heavy (non-hydrogen) atoms. The minimum atomic E-state index is -4.37. The molecule has 0 radical (unpaired) electrons. The highest BCUT2D eigenvalue weighted by molar-refractivity contribution is 7.47. The van der Waals surface area contributed by atoms with Crippen molar-refractivity contribution in [3.8, 4) is 0 Å². The van der Waals surface area contributed by atoms with E-state index in [1.807, 2.05) is 21.1 Å².